The zero-order valence-electron chi connectivity index (χ0n) is 15.1. The molecule has 0 bridgehead atoms. The standard InChI is InChI=1S/C20H29N3O2/c1-15-7-6-12-23(13-15)14-19(24)22-18-11-5-4-10-17(18)20(25)21-16-8-2-3-9-16/h4-5,10-11,15-16H,2-3,6-9,12-14H2,1H3,(H,21,25)(H,22,24)/t15-/m0/s1. The van der Waals surface area contributed by atoms with Crippen LogP contribution >= 0.6 is 0 Å². The van der Waals surface area contributed by atoms with E-state index in [1.54, 1.807) is 12.1 Å². The van der Waals surface area contributed by atoms with Gasteiger partial charge in [-0.1, -0.05) is 31.9 Å². The molecule has 0 radical (unpaired) electrons. The van der Waals surface area contributed by atoms with Crippen molar-refractivity contribution in [3.8, 4) is 0 Å². The summed E-state index contributed by atoms with van der Waals surface area (Å²) in [6.45, 7) is 4.56. The average molecular weight is 343 g/mol. The number of carbonyl (C=O) groups excluding carboxylic acids is 2. The van der Waals surface area contributed by atoms with Gasteiger partial charge in [0.15, 0.2) is 0 Å². The number of nitrogens with zero attached hydrogens (tertiary/aromatic N) is 1. The van der Waals surface area contributed by atoms with Crippen LogP contribution in [0.5, 0.6) is 0 Å². The van der Waals surface area contributed by atoms with E-state index in [-0.39, 0.29) is 17.9 Å². The number of hydrogen-bond acceptors (Lipinski definition) is 3. The van der Waals surface area contributed by atoms with Crippen molar-refractivity contribution in [3.05, 3.63) is 29.8 Å². The predicted molar refractivity (Wildman–Crippen MR) is 99.6 cm³/mol. The Bertz CT molecular complexity index is 611. The van der Waals surface area contributed by atoms with Crippen molar-refractivity contribution in [2.24, 2.45) is 5.92 Å². The van der Waals surface area contributed by atoms with Gasteiger partial charge in [-0.15, -0.1) is 0 Å². The van der Waals surface area contributed by atoms with Crippen LogP contribution in [0.4, 0.5) is 5.69 Å². The van der Waals surface area contributed by atoms with E-state index in [0.29, 0.717) is 23.7 Å². The number of rotatable bonds is 5. The van der Waals surface area contributed by atoms with Crippen molar-refractivity contribution in [2.45, 2.75) is 51.5 Å². The van der Waals surface area contributed by atoms with E-state index in [4.69, 9.17) is 0 Å². The maximum Gasteiger partial charge on any atom is 0.253 e. The van der Waals surface area contributed by atoms with Gasteiger partial charge in [-0.2, -0.15) is 0 Å². The first-order chi connectivity index (χ1) is 12.1. The van der Waals surface area contributed by atoms with Crippen LogP contribution in [0.2, 0.25) is 0 Å². The number of piperidine rings is 1. The molecule has 1 aliphatic heterocycles. The minimum atomic E-state index is -0.0885. The first-order valence-corrected chi connectivity index (χ1v) is 9.54. The first kappa shape index (κ1) is 17.9. The highest BCUT2D eigenvalue weighted by atomic mass is 16.2. The molecule has 2 fully saturated rings. The molecule has 1 aliphatic carbocycles. The lowest BCUT2D eigenvalue weighted by Gasteiger charge is -2.30. The molecule has 2 amide bonds. The number of benzene rings is 1. The van der Waals surface area contributed by atoms with E-state index >= 15 is 0 Å². The van der Waals surface area contributed by atoms with Crippen molar-refractivity contribution >= 4 is 17.5 Å². The Hall–Kier alpha value is -1.88. The maximum absolute atomic E-state index is 12.6. The smallest absolute Gasteiger partial charge is 0.253 e. The number of nitrogens with one attached hydrogen (secondary N) is 2. The van der Waals surface area contributed by atoms with E-state index in [2.05, 4.69) is 22.5 Å². The minimum absolute atomic E-state index is 0.0461. The Morgan fingerprint density at radius 2 is 1.88 bits per heavy atom. The molecule has 2 aliphatic rings. The van der Waals surface area contributed by atoms with Crippen molar-refractivity contribution in [2.75, 3.05) is 25.0 Å². The van der Waals surface area contributed by atoms with Crippen LogP contribution < -0.4 is 10.6 Å². The van der Waals surface area contributed by atoms with Crippen molar-refractivity contribution in [1.29, 1.82) is 0 Å². The summed E-state index contributed by atoms with van der Waals surface area (Å²) in [7, 11) is 0. The van der Waals surface area contributed by atoms with Crippen LogP contribution in [0.3, 0.4) is 0 Å². The van der Waals surface area contributed by atoms with E-state index < -0.39 is 0 Å². The van der Waals surface area contributed by atoms with Gasteiger partial charge in [-0.05, 0) is 50.3 Å². The summed E-state index contributed by atoms with van der Waals surface area (Å²) in [4.78, 5) is 27.2. The lowest BCUT2D eigenvalue weighted by atomic mass is 10.0. The molecular weight excluding hydrogens is 314 g/mol. The maximum atomic E-state index is 12.6. The van der Waals surface area contributed by atoms with E-state index in [0.717, 1.165) is 32.4 Å². The second-order valence-corrected chi connectivity index (χ2v) is 7.53. The van der Waals surface area contributed by atoms with Crippen LogP contribution in [0.15, 0.2) is 24.3 Å². The minimum Gasteiger partial charge on any atom is -0.349 e. The average Bonchev–Trinajstić information content (AvgIpc) is 3.08. The Morgan fingerprint density at radius 1 is 1.12 bits per heavy atom. The van der Waals surface area contributed by atoms with Crippen LogP contribution in [-0.2, 0) is 4.79 Å². The number of likely N-dealkylation sites (tertiary alicyclic amines) is 1. The topological polar surface area (TPSA) is 61.4 Å². The number of amides is 2. The van der Waals surface area contributed by atoms with E-state index in [1.165, 1.54) is 19.3 Å². The molecule has 136 valence electrons. The summed E-state index contributed by atoms with van der Waals surface area (Å²) in [5.41, 5.74) is 1.16. The highest BCUT2D eigenvalue weighted by Gasteiger charge is 2.21. The molecule has 3 rings (SSSR count). The molecule has 1 saturated heterocycles. The van der Waals surface area contributed by atoms with Gasteiger partial charge in [-0.25, -0.2) is 0 Å². The molecular formula is C20H29N3O2. The largest absolute Gasteiger partial charge is 0.349 e. The second-order valence-electron chi connectivity index (χ2n) is 7.53. The number of para-hydroxylation sites is 1. The molecule has 0 spiro atoms. The van der Waals surface area contributed by atoms with Crippen LogP contribution in [0.25, 0.3) is 0 Å². The fraction of sp³-hybridized carbons (Fsp3) is 0.600. The van der Waals surface area contributed by atoms with E-state index in [1.807, 2.05) is 12.1 Å². The molecule has 5 nitrogen and oxygen atoms in total. The van der Waals surface area contributed by atoms with Gasteiger partial charge >= 0.3 is 0 Å². The number of carbonyl (C=O) groups is 2. The molecule has 0 aromatic heterocycles. The normalized spacial score (nSPS) is 21.9. The predicted octanol–water partition coefficient (Wildman–Crippen LogP) is 3.03. The summed E-state index contributed by atoms with van der Waals surface area (Å²) in [5, 5.41) is 6.03. The molecule has 1 saturated carbocycles. The lowest BCUT2D eigenvalue weighted by Crippen LogP contribution is -2.40. The highest BCUT2D eigenvalue weighted by molar-refractivity contribution is 6.04. The fourth-order valence-corrected chi connectivity index (χ4v) is 3.95. The molecule has 25 heavy (non-hydrogen) atoms. The molecule has 1 aromatic carbocycles. The first-order valence-electron chi connectivity index (χ1n) is 9.54. The van der Waals surface area contributed by atoms with Crippen molar-refractivity contribution in [1.82, 2.24) is 10.2 Å². The summed E-state index contributed by atoms with van der Waals surface area (Å²) in [6, 6.07) is 7.55. The summed E-state index contributed by atoms with van der Waals surface area (Å²) in [5.74, 6) is 0.510. The highest BCUT2D eigenvalue weighted by Crippen LogP contribution is 2.21. The molecule has 1 aromatic rings. The third kappa shape index (κ3) is 5.05. The zero-order valence-corrected chi connectivity index (χ0v) is 15.1. The summed E-state index contributed by atoms with van der Waals surface area (Å²) >= 11 is 0. The summed E-state index contributed by atoms with van der Waals surface area (Å²) in [6.07, 6.45) is 6.84. The molecule has 5 heteroatoms. The van der Waals surface area contributed by atoms with Crippen molar-refractivity contribution < 1.29 is 9.59 Å². The molecule has 2 N–H and O–H groups in total. The van der Waals surface area contributed by atoms with Gasteiger partial charge in [-0.3, -0.25) is 14.5 Å². The Balaban J connectivity index is 1.59. The quantitative estimate of drug-likeness (QED) is 0.864. The van der Waals surface area contributed by atoms with Gasteiger partial charge in [0, 0.05) is 12.6 Å². The third-order valence-corrected chi connectivity index (χ3v) is 5.24. The Kier molecular flexibility index (Phi) is 6.08. The van der Waals surface area contributed by atoms with Gasteiger partial charge < -0.3 is 10.6 Å². The van der Waals surface area contributed by atoms with Gasteiger partial charge in [0.1, 0.15) is 0 Å². The fourth-order valence-electron chi connectivity index (χ4n) is 3.95. The third-order valence-electron chi connectivity index (χ3n) is 5.24. The lowest BCUT2D eigenvalue weighted by molar-refractivity contribution is -0.117. The second kappa shape index (κ2) is 8.48. The van der Waals surface area contributed by atoms with E-state index in [9.17, 15) is 9.59 Å². The molecule has 1 heterocycles. The molecule has 1 atom stereocenters. The summed E-state index contributed by atoms with van der Waals surface area (Å²) < 4.78 is 0. The van der Waals surface area contributed by atoms with Crippen LogP contribution in [0, 0.1) is 5.92 Å². The molecule has 0 unspecified atom stereocenters. The Morgan fingerprint density at radius 3 is 2.64 bits per heavy atom. The van der Waals surface area contributed by atoms with Crippen molar-refractivity contribution in [3.63, 3.8) is 0 Å². The monoisotopic (exact) mass is 343 g/mol. The Labute approximate surface area is 150 Å². The number of anilines is 1. The zero-order chi connectivity index (χ0) is 17.6. The van der Waals surface area contributed by atoms with Gasteiger partial charge in [0.2, 0.25) is 5.91 Å². The SMILES string of the molecule is C[C@H]1CCCN(CC(=O)Nc2ccccc2C(=O)NC2CCCC2)C1. The number of hydrogen-bond donors (Lipinski definition) is 2. The van der Waals surface area contributed by atoms with Gasteiger partial charge in [0.05, 0.1) is 17.8 Å². The van der Waals surface area contributed by atoms with Crippen LogP contribution in [0.1, 0.15) is 55.8 Å². The van der Waals surface area contributed by atoms with Crippen LogP contribution in [-0.4, -0.2) is 42.4 Å². The van der Waals surface area contributed by atoms with Gasteiger partial charge in [0.25, 0.3) is 5.91 Å².